The third-order valence-electron chi connectivity index (χ3n) is 3.57. The summed E-state index contributed by atoms with van der Waals surface area (Å²) in [5, 5.41) is 19.6. The van der Waals surface area contributed by atoms with E-state index >= 15 is 0 Å². The van der Waals surface area contributed by atoms with E-state index in [0.29, 0.717) is 18.1 Å². The van der Waals surface area contributed by atoms with Crippen LogP contribution in [0.1, 0.15) is 33.2 Å². The first-order valence-electron chi connectivity index (χ1n) is 7.29. The molecule has 0 aliphatic carbocycles. The van der Waals surface area contributed by atoms with Gasteiger partial charge in [-0.05, 0) is 36.6 Å². The van der Waals surface area contributed by atoms with Crippen molar-refractivity contribution < 1.29 is 19.8 Å². The molecule has 0 radical (unpaired) electrons. The molecular formula is C19H17NO4. The fraction of sp³-hybridized carbons (Fsp3) is 0.105. The largest absolute Gasteiger partial charge is 0.505 e. The molecule has 0 bridgehead atoms. The lowest BCUT2D eigenvalue weighted by Crippen LogP contribution is -2.01. The van der Waals surface area contributed by atoms with Gasteiger partial charge in [-0.15, -0.1) is 0 Å². The molecule has 122 valence electrons. The summed E-state index contributed by atoms with van der Waals surface area (Å²) in [5.41, 5.74) is 1.71. The summed E-state index contributed by atoms with van der Waals surface area (Å²) in [4.78, 5) is 26.6. The number of hydrogen-bond donors (Lipinski definition) is 2. The highest BCUT2D eigenvalue weighted by atomic mass is 16.4. The van der Waals surface area contributed by atoms with Crippen LogP contribution in [0.2, 0.25) is 0 Å². The molecule has 2 rings (SSSR count). The highest BCUT2D eigenvalue weighted by Crippen LogP contribution is 2.30. The first-order valence-corrected chi connectivity index (χ1v) is 7.29. The highest BCUT2D eigenvalue weighted by Gasteiger charge is 2.17. The Labute approximate surface area is 139 Å². The van der Waals surface area contributed by atoms with Crippen LogP contribution in [-0.2, 0) is 6.42 Å². The van der Waals surface area contributed by atoms with Crippen molar-refractivity contribution in [2.75, 3.05) is 0 Å². The number of aldehydes is 1. The lowest BCUT2D eigenvalue weighted by molar-refractivity contribution is 0.0694. The van der Waals surface area contributed by atoms with Crippen molar-refractivity contribution in [2.24, 2.45) is 0 Å². The highest BCUT2D eigenvalue weighted by molar-refractivity contribution is 6.06. The molecule has 0 fully saturated rings. The Morgan fingerprint density at radius 2 is 2.12 bits per heavy atom. The van der Waals surface area contributed by atoms with E-state index in [1.165, 1.54) is 0 Å². The van der Waals surface area contributed by atoms with E-state index in [1.807, 2.05) is 25.2 Å². The summed E-state index contributed by atoms with van der Waals surface area (Å²) in [6.07, 6.45) is 10.1. The molecule has 1 heterocycles. The van der Waals surface area contributed by atoms with Gasteiger partial charge >= 0.3 is 5.97 Å². The Bertz CT molecular complexity index is 879. The summed E-state index contributed by atoms with van der Waals surface area (Å²) in [7, 11) is 0. The lowest BCUT2D eigenvalue weighted by atomic mass is 9.99. The van der Waals surface area contributed by atoms with Gasteiger partial charge in [-0.3, -0.25) is 9.78 Å². The molecule has 0 saturated carbocycles. The summed E-state index contributed by atoms with van der Waals surface area (Å²) in [5.74, 6) is -1.75. The van der Waals surface area contributed by atoms with E-state index in [0.717, 1.165) is 17.2 Å². The number of carboxylic acids is 1. The molecule has 5 heteroatoms. The summed E-state index contributed by atoms with van der Waals surface area (Å²) < 4.78 is 0. The number of aromatic nitrogens is 1. The monoisotopic (exact) mass is 323 g/mol. The number of aromatic hydroxyl groups is 1. The number of allylic oxidation sites excluding steroid dienone is 5. The van der Waals surface area contributed by atoms with Gasteiger partial charge in [0.05, 0.1) is 0 Å². The second-order valence-electron chi connectivity index (χ2n) is 5.17. The topological polar surface area (TPSA) is 87.5 Å². The van der Waals surface area contributed by atoms with Gasteiger partial charge < -0.3 is 10.2 Å². The zero-order valence-corrected chi connectivity index (χ0v) is 13.2. The van der Waals surface area contributed by atoms with Crippen LogP contribution >= 0.6 is 0 Å². The van der Waals surface area contributed by atoms with Gasteiger partial charge in [-0.25, -0.2) is 4.79 Å². The SMILES string of the molecule is C=C/C(=C\C=C/C)Cc1cnc2c(O)c(C(=O)O)cc(C=O)c2c1. The average Bonchev–Trinajstić information content (AvgIpc) is 2.58. The van der Waals surface area contributed by atoms with Crippen LogP contribution in [0, 0.1) is 0 Å². The van der Waals surface area contributed by atoms with Gasteiger partial charge in [0.2, 0.25) is 0 Å². The molecule has 5 nitrogen and oxygen atoms in total. The van der Waals surface area contributed by atoms with E-state index < -0.39 is 11.7 Å². The Hall–Kier alpha value is -3.21. The molecule has 0 aliphatic heterocycles. The molecule has 1 aromatic heterocycles. The van der Waals surface area contributed by atoms with Crippen LogP contribution in [0.15, 0.2) is 54.8 Å². The van der Waals surface area contributed by atoms with Crippen LogP contribution in [-0.4, -0.2) is 27.5 Å². The first-order chi connectivity index (χ1) is 11.5. The number of fused-ring (bicyclic) bond motifs is 1. The minimum absolute atomic E-state index is 0.0957. The molecule has 0 unspecified atom stereocenters. The molecule has 2 aromatic rings. The molecule has 2 N–H and O–H groups in total. The smallest absolute Gasteiger partial charge is 0.339 e. The maximum absolute atomic E-state index is 11.3. The van der Waals surface area contributed by atoms with Crippen molar-refractivity contribution in [3.8, 4) is 5.75 Å². The number of carboxylic acid groups (broad SMARTS) is 1. The van der Waals surface area contributed by atoms with E-state index in [-0.39, 0.29) is 16.6 Å². The van der Waals surface area contributed by atoms with Crippen LogP contribution in [0.3, 0.4) is 0 Å². The van der Waals surface area contributed by atoms with E-state index in [1.54, 1.807) is 18.3 Å². The zero-order chi connectivity index (χ0) is 17.7. The Balaban J connectivity index is 2.59. The normalized spacial score (nSPS) is 11.8. The standard InChI is InChI=1S/C19H17NO4/c1-3-5-6-12(4-2)7-13-8-15-14(11-21)9-16(19(23)24)18(22)17(15)20-10-13/h3-6,8-11,22H,2,7H2,1H3,(H,23,24)/b5-3-,12-6+. The van der Waals surface area contributed by atoms with Crippen LogP contribution in [0.5, 0.6) is 5.75 Å². The molecule has 24 heavy (non-hydrogen) atoms. The third-order valence-corrected chi connectivity index (χ3v) is 3.57. The van der Waals surface area contributed by atoms with Gasteiger partial charge in [0.1, 0.15) is 11.1 Å². The number of pyridine rings is 1. The van der Waals surface area contributed by atoms with Crippen molar-refractivity contribution in [2.45, 2.75) is 13.3 Å². The summed E-state index contributed by atoms with van der Waals surface area (Å²) in [6, 6.07) is 2.88. The number of benzene rings is 1. The number of carbonyl (C=O) groups is 2. The quantitative estimate of drug-likeness (QED) is 0.625. The predicted molar refractivity (Wildman–Crippen MR) is 92.6 cm³/mol. The minimum Gasteiger partial charge on any atom is -0.505 e. The van der Waals surface area contributed by atoms with Gasteiger partial charge in [0.15, 0.2) is 12.0 Å². The van der Waals surface area contributed by atoms with Crippen molar-refractivity contribution >= 4 is 23.2 Å². The predicted octanol–water partition coefficient (Wildman–Crippen LogP) is 3.68. The summed E-state index contributed by atoms with van der Waals surface area (Å²) in [6.45, 7) is 5.68. The Morgan fingerprint density at radius 1 is 1.38 bits per heavy atom. The van der Waals surface area contributed by atoms with Crippen molar-refractivity contribution in [3.63, 3.8) is 0 Å². The van der Waals surface area contributed by atoms with E-state index in [4.69, 9.17) is 5.11 Å². The number of aromatic carboxylic acids is 1. The van der Waals surface area contributed by atoms with Crippen LogP contribution < -0.4 is 0 Å². The number of carbonyl (C=O) groups excluding carboxylic acids is 1. The van der Waals surface area contributed by atoms with Crippen molar-refractivity contribution in [3.05, 3.63) is 71.5 Å². The fourth-order valence-corrected chi connectivity index (χ4v) is 2.36. The molecule has 0 spiro atoms. The molecule has 0 amide bonds. The maximum atomic E-state index is 11.3. The Morgan fingerprint density at radius 3 is 2.71 bits per heavy atom. The van der Waals surface area contributed by atoms with Gasteiger partial charge in [0.25, 0.3) is 0 Å². The minimum atomic E-state index is -1.31. The van der Waals surface area contributed by atoms with E-state index in [2.05, 4.69) is 11.6 Å². The molecular weight excluding hydrogens is 306 g/mol. The van der Waals surface area contributed by atoms with Gasteiger partial charge in [-0.1, -0.05) is 30.9 Å². The Kier molecular flexibility index (Phi) is 5.27. The number of nitrogens with zero attached hydrogens (tertiary/aromatic N) is 1. The van der Waals surface area contributed by atoms with Gasteiger partial charge in [-0.2, -0.15) is 0 Å². The maximum Gasteiger partial charge on any atom is 0.339 e. The number of phenols is 1. The van der Waals surface area contributed by atoms with Gasteiger partial charge in [0, 0.05) is 17.1 Å². The lowest BCUT2D eigenvalue weighted by Gasteiger charge is -2.09. The summed E-state index contributed by atoms with van der Waals surface area (Å²) >= 11 is 0. The molecule has 0 aliphatic rings. The molecule has 1 aromatic carbocycles. The fourth-order valence-electron chi connectivity index (χ4n) is 2.36. The first kappa shape index (κ1) is 17.1. The number of hydrogen-bond acceptors (Lipinski definition) is 4. The average molecular weight is 323 g/mol. The van der Waals surface area contributed by atoms with Crippen LogP contribution in [0.25, 0.3) is 10.9 Å². The zero-order valence-electron chi connectivity index (χ0n) is 13.2. The van der Waals surface area contributed by atoms with E-state index in [9.17, 15) is 14.7 Å². The van der Waals surface area contributed by atoms with Crippen LogP contribution in [0.4, 0.5) is 0 Å². The second kappa shape index (κ2) is 7.37. The number of rotatable bonds is 6. The molecule has 0 atom stereocenters. The van der Waals surface area contributed by atoms with Crippen molar-refractivity contribution in [1.82, 2.24) is 4.98 Å². The van der Waals surface area contributed by atoms with Crippen molar-refractivity contribution in [1.29, 1.82) is 0 Å². The molecule has 0 saturated heterocycles. The second-order valence-corrected chi connectivity index (χ2v) is 5.17. The third kappa shape index (κ3) is 3.41.